The lowest BCUT2D eigenvalue weighted by atomic mass is 10.1. The van der Waals surface area contributed by atoms with Crippen molar-refractivity contribution >= 4 is 11.8 Å². The standard InChI is InChI=1S/C18H19N5O3/c1-12-4-6-15(7-5-12)23-13(2)8-16(14(23)3)17(24)10-26-18(25)9-22-11-19-20-21-22/h4-8,11H,9-10H2,1-3H3. The number of benzene rings is 1. The van der Waals surface area contributed by atoms with Crippen LogP contribution in [0.2, 0.25) is 0 Å². The third-order valence-electron chi connectivity index (χ3n) is 4.07. The number of ketones is 1. The lowest BCUT2D eigenvalue weighted by Gasteiger charge is -2.10. The van der Waals surface area contributed by atoms with Crippen LogP contribution >= 0.6 is 0 Å². The summed E-state index contributed by atoms with van der Waals surface area (Å²) in [5.41, 5.74) is 4.45. The molecule has 0 amide bonds. The van der Waals surface area contributed by atoms with E-state index in [1.807, 2.05) is 55.7 Å². The van der Waals surface area contributed by atoms with Crippen molar-refractivity contribution in [2.45, 2.75) is 27.3 Å². The van der Waals surface area contributed by atoms with E-state index < -0.39 is 5.97 Å². The molecule has 0 aliphatic carbocycles. The maximum atomic E-state index is 12.5. The van der Waals surface area contributed by atoms with Gasteiger partial charge in [0.05, 0.1) is 0 Å². The number of tetrazole rings is 1. The smallest absolute Gasteiger partial charge is 0.328 e. The molecule has 0 fully saturated rings. The van der Waals surface area contributed by atoms with Crippen molar-refractivity contribution in [1.82, 2.24) is 24.8 Å². The molecule has 1 aromatic carbocycles. The number of rotatable bonds is 6. The van der Waals surface area contributed by atoms with E-state index >= 15 is 0 Å². The number of nitrogens with zero attached hydrogens (tertiary/aromatic N) is 5. The van der Waals surface area contributed by atoms with Gasteiger partial charge in [-0.3, -0.25) is 9.59 Å². The molecule has 8 heteroatoms. The Labute approximate surface area is 150 Å². The van der Waals surface area contributed by atoms with Crippen molar-refractivity contribution in [2.75, 3.05) is 6.61 Å². The summed E-state index contributed by atoms with van der Waals surface area (Å²) in [5.74, 6) is -0.820. The summed E-state index contributed by atoms with van der Waals surface area (Å²) in [7, 11) is 0. The van der Waals surface area contributed by atoms with E-state index in [0.29, 0.717) is 5.56 Å². The molecule has 2 aromatic heterocycles. The van der Waals surface area contributed by atoms with Crippen molar-refractivity contribution < 1.29 is 14.3 Å². The highest BCUT2D eigenvalue weighted by Gasteiger charge is 2.18. The molecule has 3 aromatic rings. The van der Waals surface area contributed by atoms with Crippen molar-refractivity contribution in [1.29, 1.82) is 0 Å². The van der Waals surface area contributed by atoms with Gasteiger partial charge in [-0.25, -0.2) is 4.68 Å². The number of carbonyl (C=O) groups excluding carboxylic acids is 2. The van der Waals surface area contributed by atoms with E-state index in [2.05, 4.69) is 15.5 Å². The number of aromatic nitrogens is 5. The zero-order valence-corrected chi connectivity index (χ0v) is 14.8. The molecule has 0 spiro atoms. The third-order valence-corrected chi connectivity index (χ3v) is 4.07. The number of esters is 1. The minimum absolute atomic E-state index is 0.136. The average Bonchev–Trinajstić information content (AvgIpc) is 3.22. The van der Waals surface area contributed by atoms with Crippen LogP contribution in [0.1, 0.15) is 27.3 Å². The zero-order valence-electron chi connectivity index (χ0n) is 14.8. The van der Waals surface area contributed by atoms with E-state index in [-0.39, 0.29) is 18.9 Å². The first-order chi connectivity index (χ1) is 12.5. The molecular weight excluding hydrogens is 334 g/mol. The van der Waals surface area contributed by atoms with Crippen LogP contribution in [0, 0.1) is 20.8 Å². The largest absolute Gasteiger partial charge is 0.456 e. The van der Waals surface area contributed by atoms with Crippen LogP contribution in [-0.2, 0) is 16.1 Å². The molecule has 3 rings (SSSR count). The monoisotopic (exact) mass is 353 g/mol. The summed E-state index contributed by atoms with van der Waals surface area (Å²) in [6.07, 6.45) is 1.30. The second kappa shape index (κ2) is 7.30. The SMILES string of the molecule is Cc1ccc(-n2c(C)cc(C(=O)COC(=O)Cn3cnnn3)c2C)cc1. The summed E-state index contributed by atoms with van der Waals surface area (Å²) in [5, 5.41) is 10.4. The summed E-state index contributed by atoms with van der Waals surface area (Å²) in [6, 6.07) is 9.88. The Kier molecular flexibility index (Phi) is 4.92. The van der Waals surface area contributed by atoms with E-state index in [9.17, 15) is 9.59 Å². The topological polar surface area (TPSA) is 91.9 Å². The second-order valence-corrected chi connectivity index (χ2v) is 6.05. The number of carbonyl (C=O) groups is 2. The van der Waals surface area contributed by atoms with Gasteiger partial charge in [-0.1, -0.05) is 17.7 Å². The molecule has 26 heavy (non-hydrogen) atoms. The quantitative estimate of drug-likeness (QED) is 0.496. The van der Waals surface area contributed by atoms with Gasteiger partial charge in [0.25, 0.3) is 0 Å². The van der Waals surface area contributed by atoms with Gasteiger partial charge in [0.1, 0.15) is 12.9 Å². The van der Waals surface area contributed by atoms with Crippen molar-refractivity contribution in [3.05, 3.63) is 59.2 Å². The van der Waals surface area contributed by atoms with Crippen LogP contribution in [0.25, 0.3) is 5.69 Å². The molecule has 8 nitrogen and oxygen atoms in total. The fourth-order valence-electron chi connectivity index (χ4n) is 2.79. The van der Waals surface area contributed by atoms with Gasteiger partial charge < -0.3 is 9.30 Å². The molecule has 0 saturated heterocycles. The Bertz CT molecular complexity index is 927. The fraction of sp³-hybridized carbons (Fsp3) is 0.278. The highest BCUT2D eigenvalue weighted by atomic mass is 16.5. The fourth-order valence-corrected chi connectivity index (χ4v) is 2.79. The average molecular weight is 353 g/mol. The Hall–Kier alpha value is -3.29. The lowest BCUT2D eigenvalue weighted by Crippen LogP contribution is -2.19. The maximum absolute atomic E-state index is 12.5. The van der Waals surface area contributed by atoms with Gasteiger partial charge in [-0.2, -0.15) is 0 Å². The minimum Gasteiger partial charge on any atom is -0.456 e. The van der Waals surface area contributed by atoms with Gasteiger partial charge in [0.15, 0.2) is 6.61 Å². The van der Waals surface area contributed by atoms with Gasteiger partial charge in [-0.15, -0.1) is 5.10 Å². The summed E-state index contributed by atoms with van der Waals surface area (Å²) in [4.78, 5) is 24.2. The van der Waals surface area contributed by atoms with E-state index in [0.717, 1.165) is 17.1 Å². The number of Topliss-reactive ketones (excluding diaryl/α,β-unsaturated/α-hetero) is 1. The summed E-state index contributed by atoms with van der Waals surface area (Å²) >= 11 is 0. The molecule has 134 valence electrons. The van der Waals surface area contributed by atoms with E-state index in [1.54, 1.807) is 0 Å². The number of hydrogen-bond acceptors (Lipinski definition) is 6. The molecule has 0 N–H and O–H groups in total. The minimum atomic E-state index is -0.571. The van der Waals surface area contributed by atoms with Crippen LogP contribution in [0.4, 0.5) is 0 Å². The van der Waals surface area contributed by atoms with Gasteiger partial charge in [0.2, 0.25) is 5.78 Å². The molecule has 0 aliphatic rings. The number of aryl methyl sites for hydroxylation is 2. The Balaban J connectivity index is 1.71. The van der Waals surface area contributed by atoms with Gasteiger partial charge in [-0.05, 0) is 49.4 Å². The van der Waals surface area contributed by atoms with E-state index in [4.69, 9.17) is 4.74 Å². The molecule has 0 aliphatic heterocycles. The van der Waals surface area contributed by atoms with Crippen LogP contribution in [0.5, 0.6) is 0 Å². The van der Waals surface area contributed by atoms with Crippen LogP contribution in [-0.4, -0.2) is 43.1 Å². The van der Waals surface area contributed by atoms with Crippen LogP contribution in [0.15, 0.2) is 36.7 Å². The molecule has 2 heterocycles. The highest BCUT2D eigenvalue weighted by Crippen LogP contribution is 2.21. The van der Waals surface area contributed by atoms with Crippen molar-refractivity contribution in [3.8, 4) is 5.69 Å². The van der Waals surface area contributed by atoms with Crippen molar-refractivity contribution in [2.24, 2.45) is 0 Å². The first-order valence-electron chi connectivity index (χ1n) is 8.11. The van der Waals surface area contributed by atoms with Gasteiger partial charge >= 0.3 is 5.97 Å². The predicted molar refractivity (Wildman–Crippen MR) is 93.1 cm³/mol. The molecular formula is C18H19N5O3. The molecule has 0 saturated carbocycles. The number of ether oxygens (including phenoxy) is 1. The van der Waals surface area contributed by atoms with Gasteiger partial charge in [0, 0.05) is 22.6 Å². The molecule has 0 bridgehead atoms. The second-order valence-electron chi connectivity index (χ2n) is 6.05. The predicted octanol–water partition coefficient (Wildman–Crippen LogP) is 1.82. The highest BCUT2D eigenvalue weighted by molar-refractivity contribution is 5.99. The third kappa shape index (κ3) is 3.69. The maximum Gasteiger partial charge on any atom is 0.328 e. The van der Waals surface area contributed by atoms with Crippen molar-refractivity contribution in [3.63, 3.8) is 0 Å². The summed E-state index contributed by atoms with van der Waals surface area (Å²) < 4.78 is 8.28. The zero-order chi connectivity index (χ0) is 18.7. The normalized spacial score (nSPS) is 10.7. The first-order valence-corrected chi connectivity index (χ1v) is 8.11. The molecule has 0 unspecified atom stereocenters. The lowest BCUT2D eigenvalue weighted by molar-refractivity contribution is -0.143. The molecule has 0 radical (unpaired) electrons. The van der Waals surface area contributed by atoms with Crippen LogP contribution in [0.3, 0.4) is 0 Å². The summed E-state index contributed by atoms with van der Waals surface area (Å²) in [6.45, 7) is 5.38. The van der Waals surface area contributed by atoms with E-state index in [1.165, 1.54) is 16.6 Å². The Morgan fingerprint density at radius 1 is 1.12 bits per heavy atom. The first kappa shape index (κ1) is 17.5. The Morgan fingerprint density at radius 2 is 1.85 bits per heavy atom. The van der Waals surface area contributed by atoms with Crippen LogP contribution < -0.4 is 0 Å². The molecule has 0 atom stereocenters. The number of hydrogen-bond donors (Lipinski definition) is 0. The Morgan fingerprint density at radius 3 is 2.50 bits per heavy atom.